The zero-order valence-electron chi connectivity index (χ0n) is 13.6. The maximum absolute atomic E-state index is 11.0. The highest BCUT2D eigenvalue weighted by Gasteiger charge is 2.14. The van der Waals surface area contributed by atoms with Crippen molar-refractivity contribution in [1.29, 1.82) is 0 Å². The van der Waals surface area contributed by atoms with Crippen molar-refractivity contribution in [2.24, 2.45) is 5.16 Å². The van der Waals surface area contributed by atoms with Crippen LogP contribution in [0.3, 0.4) is 0 Å². The van der Waals surface area contributed by atoms with Crippen LogP contribution in [0.1, 0.15) is 16.7 Å². The number of non-ortho nitro benzene ring substituents is 1. The number of rotatable bonds is 5. The second-order valence-corrected chi connectivity index (χ2v) is 5.67. The number of hydrogen-bond acceptors (Lipinski definition) is 6. The highest BCUT2D eigenvalue weighted by atomic mass is 16.6. The van der Waals surface area contributed by atoms with Crippen molar-refractivity contribution < 1.29 is 15.2 Å². The number of phenolic OH excluding ortho intramolecular Hbond substituents is 1. The summed E-state index contributed by atoms with van der Waals surface area (Å²) < 4.78 is 0. The van der Waals surface area contributed by atoms with Gasteiger partial charge >= 0.3 is 0 Å². The lowest BCUT2D eigenvalue weighted by Gasteiger charge is -2.11. The minimum Gasteiger partial charge on any atom is -0.507 e. The van der Waals surface area contributed by atoms with Gasteiger partial charge in [-0.1, -0.05) is 17.3 Å². The average Bonchev–Trinajstić information content (AvgIpc) is 2.65. The van der Waals surface area contributed by atoms with Crippen molar-refractivity contribution in [3.05, 3.63) is 87.7 Å². The van der Waals surface area contributed by atoms with Crippen LogP contribution >= 0.6 is 0 Å². The van der Waals surface area contributed by atoms with Gasteiger partial charge in [0.05, 0.1) is 11.1 Å². The quantitative estimate of drug-likeness (QED) is 0.315. The predicted octanol–water partition coefficient (Wildman–Crippen LogP) is 3.76. The number of oxime groups is 1. The first kappa shape index (κ1) is 17.1. The first-order valence-electron chi connectivity index (χ1n) is 7.75. The maximum Gasteiger partial charge on any atom is 0.270 e. The molecule has 0 atom stereocenters. The lowest BCUT2D eigenvalue weighted by atomic mass is 9.95. The van der Waals surface area contributed by atoms with Crippen LogP contribution in [0.4, 0.5) is 5.69 Å². The van der Waals surface area contributed by atoms with Crippen molar-refractivity contribution in [2.45, 2.75) is 6.42 Å². The van der Waals surface area contributed by atoms with E-state index >= 15 is 0 Å². The molecule has 0 amide bonds. The summed E-state index contributed by atoms with van der Waals surface area (Å²) in [6, 6.07) is 13.2. The van der Waals surface area contributed by atoms with Crippen LogP contribution in [-0.2, 0) is 6.42 Å². The van der Waals surface area contributed by atoms with Crippen LogP contribution in [0, 0.1) is 10.1 Å². The number of nitro groups is 1. The average molecular weight is 349 g/mol. The molecule has 0 aliphatic heterocycles. The second kappa shape index (κ2) is 7.43. The summed E-state index contributed by atoms with van der Waals surface area (Å²) in [5.74, 6) is -0.109. The molecule has 2 aromatic carbocycles. The van der Waals surface area contributed by atoms with Gasteiger partial charge in [-0.2, -0.15) is 0 Å². The first-order chi connectivity index (χ1) is 12.6. The number of phenols is 1. The van der Waals surface area contributed by atoms with Crippen LogP contribution in [-0.4, -0.2) is 26.4 Å². The Bertz CT molecular complexity index is 972. The van der Waals surface area contributed by atoms with Gasteiger partial charge in [0.2, 0.25) is 0 Å². The van der Waals surface area contributed by atoms with Crippen LogP contribution in [0.5, 0.6) is 5.75 Å². The third-order valence-electron chi connectivity index (χ3n) is 3.92. The number of aromatic nitrogens is 1. The molecular weight excluding hydrogens is 334 g/mol. The van der Waals surface area contributed by atoms with Crippen LogP contribution < -0.4 is 0 Å². The summed E-state index contributed by atoms with van der Waals surface area (Å²) in [5.41, 5.74) is 3.04. The van der Waals surface area contributed by atoms with E-state index in [9.17, 15) is 15.2 Å². The van der Waals surface area contributed by atoms with E-state index in [0.29, 0.717) is 23.1 Å². The molecule has 0 aliphatic rings. The molecule has 0 fully saturated rings. The van der Waals surface area contributed by atoms with Gasteiger partial charge in [0.1, 0.15) is 5.75 Å². The maximum atomic E-state index is 11.0. The fourth-order valence-corrected chi connectivity index (χ4v) is 2.73. The smallest absolute Gasteiger partial charge is 0.270 e. The van der Waals surface area contributed by atoms with E-state index in [2.05, 4.69) is 10.1 Å². The molecule has 0 bridgehead atoms. The molecule has 3 rings (SSSR count). The SMILES string of the molecule is O=[N+]([O-])c1cccc(-c2cc(Cc3ccncc3)cc(/C=N/O)c2O)c1. The summed E-state index contributed by atoms with van der Waals surface area (Å²) in [6.07, 6.45) is 5.07. The Balaban J connectivity index is 2.11. The summed E-state index contributed by atoms with van der Waals surface area (Å²) in [6.45, 7) is 0. The van der Waals surface area contributed by atoms with Crippen LogP contribution in [0.2, 0.25) is 0 Å². The van der Waals surface area contributed by atoms with E-state index in [1.165, 1.54) is 12.1 Å². The third-order valence-corrected chi connectivity index (χ3v) is 3.92. The summed E-state index contributed by atoms with van der Waals surface area (Å²) in [4.78, 5) is 14.5. The van der Waals surface area contributed by atoms with Crippen molar-refractivity contribution >= 4 is 11.9 Å². The molecular formula is C19H15N3O4. The van der Waals surface area contributed by atoms with Gasteiger partial charge in [-0.05, 0) is 47.4 Å². The number of nitro benzene ring substituents is 1. The van der Waals surface area contributed by atoms with Gasteiger partial charge < -0.3 is 10.3 Å². The van der Waals surface area contributed by atoms with Gasteiger partial charge in [-0.3, -0.25) is 15.1 Å². The van der Waals surface area contributed by atoms with E-state index in [1.807, 2.05) is 12.1 Å². The fourth-order valence-electron chi connectivity index (χ4n) is 2.73. The standard InChI is InChI=1S/C19H15N3O4/c23-19-16(12-21-24)9-14(8-13-4-6-20-7-5-13)10-18(19)15-2-1-3-17(11-15)22(25)26/h1-7,9-12,23-24H,8H2/b21-12+. The first-order valence-corrected chi connectivity index (χ1v) is 7.75. The van der Waals surface area contributed by atoms with Gasteiger partial charge in [-0.25, -0.2) is 0 Å². The van der Waals surface area contributed by atoms with Crippen molar-refractivity contribution in [3.8, 4) is 16.9 Å². The Hall–Kier alpha value is -3.74. The number of hydrogen-bond donors (Lipinski definition) is 2. The molecule has 0 saturated carbocycles. The molecule has 0 aliphatic carbocycles. The molecule has 130 valence electrons. The Morgan fingerprint density at radius 1 is 1.12 bits per heavy atom. The molecule has 0 saturated heterocycles. The number of aromatic hydroxyl groups is 1. The van der Waals surface area contributed by atoms with Crippen LogP contribution in [0.25, 0.3) is 11.1 Å². The van der Waals surface area contributed by atoms with Crippen LogP contribution in [0.15, 0.2) is 66.1 Å². The fraction of sp³-hybridized carbons (Fsp3) is 0.0526. The molecule has 7 nitrogen and oxygen atoms in total. The molecule has 1 heterocycles. The minimum absolute atomic E-state index is 0.0705. The molecule has 0 unspecified atom stereocenters. The second-order valence-electron chi connectivity index (χ2n) is 5.67. The highest BCUT2D eigenvalue weighted by Crippen LogP contribution is 2.35. The van der Waals surface area contributed by atoms with E-state index < -0.39 is 4.92 Å². The largest absolute Gasteiger partial charge is 0.507 e. The molecule has 2 N–H and O–H groups in total. The molecule has 3 aromatic rings. The van der Waals surface area contributed by atoms with Gasteiger partial charge in [0.15, 0.2) is 0 Å². The van der Waals surface area contributed by atoms with Crippen molar-refractivity contribution in [1.82, 2.24) is 4.98 Å². The lowest BCUT2D eigenvalue weighted by molar-refractivity contribution is -0.384. The minimum atomic E-state index is -0.489. The molecule has 26 heavy (non-hydrogen) atoms. The Labute approximate surface area is 149 Å². The highest BCUT2D eigenvalue weighted by molar-refractivity contribution is 5.89. The Morgan fingerprint density at radius 3 is 2.58 bits per heavy atom. The Morgan fingerprint density at radius 2 is 1.88 bits per heavy atom. The molecule has 7 heteroatoms. The monoisotopic (exact) mass is 349 g/mol. The van der Waals surface area contributed by atoms with Crippen molar-refractivity contribution in [3.63, 3.8) is 0 Å². The zero-order valence-corrected chi connectivity index (χ0v) is 13.6. The van der Waals surface area contributed by atoms with Crippen molar-refractivity contribution in [2.75, 3.05) is 0 Å². The summed E-state index contributed by atoms with van der Waals surface area (Å²) >= 11 is 0. The van der Waals surface area contributed by atoms with E-state index in [4.69, 9.17) is 5.21 Å². The number of nitrogens with zero attached hydrogens (tertiary/aromatic N) is 3. The van der Waals surface area contributed by atoms with E-state index in [-0.39, 0.29) is 11.4 Å². The van der Waals surface area contributed by atoms with Gasteiger partial charge in [0, 0.05) is 35.7 Å². The molecule has 1 aromatic heterocycles. The topological polar surface area (TPSA) is 109 Å². The zero-order chi connectivity index (χ0) is 18.5. The molecule has 0 radical (unpaired) electrons. The van der Waals surface area contributed by atoms with E-state index in [1.54, 1.807) is 36.7 Å². The van der Waals surface area contributed by atoms with Gasteiger partial charge in [-0.15, -0.1) is 0 Å². The summed E-state index contributed by atoms with van der Waals surface area (Å²) in [7, 11) is 0. The van der Waals surface area contributed by atoms with Gasteiger partial charge in [0.25, 0.3) is 5.69 Å². The molecule has 0 spiro atoms. The predicted molar refractivity (Wildman–Crippen MR) is 96.6 cm³/mol. The van der Waals surface area contributed by atoms with E-state index in [0.717, 1.165) is 17.3 Å². The summed E-state index contributed by atoms with van der Waals surface area (Å²) in [5, 5.41) is 33.4. The lowest BCUT2D eigenvalue weighted by Crippen LogP contribution is -1.95. The number of benzene rings is 2. The number of pyridine rings is 1. The normalized spacial score (nSPS) is 10.9. The third kappa shape index (κ3) is 3.67. The Kier molecular flexibility index (Phi) is 4.89.